The number of aliphatic hydroxyl groups excluding tert-OH is 1. The van der Waals surface area contributed by atoms with E-state index in [9.17, 15) is 0 Å². The van der Waals surface area contributed by atoms with Crippen LogP contribution in [0.4, 0.5) is 0 Å². The Bertz CT molecular complexity index is 97.1. The molecule has 0 aromatic carbocycles. The van der Waals surface area contributed by atoms with Crippen LogP contribution in [0.25, 0.3) is 0 Å². The van der Waals surface area contributed by atoms with Crippen molar-refractivity contribution in [3.05, 3.63) is 0 Å². The van der Waals surface area contributed by atoms with Crippen LogP contribution in [-0.2, 0) is 4.74 Å². The van der Waals surface area contributed by atoms with E-state index in [2.05, 4.69) is 0 Å². The van der Waals surface area contributed by atoms with Crippen LogP contribution in [0.2, 0.25) is 0 Å². The predicted octanol–water partition coefficient (Wildman–Crippen LogP) is 0.0408. The lowest BCUT2D eigenvalue weighted by Crippen LogP contribution is -2.19. The molecule has 0 aromatic heterocycles. The van der Waals surface area contributed by atoms with Crippen molar-refractivity contribution in [1.29, 1.82) is 0 Å². The van der Waals surface area contributed by atoms with Gasteiger partial charge in [0.2, 0.25) is 0 Å². The van der Waals surface area contributed by atoms with Gasteiger partial charge in [-0.25, -0.2) is 0 Å². The second kappa shape index (κ2) is 2.71. The van der Waals surface area contributed by atoms with Crippen LogP contribution in [0.5, 0.6) is 0 Å². The summed E-state index contributed by atoms with van der Waals surface area (Å²) in [5.41, 5.74) is 0. The number of hydrogen-bond acceptors (Lipinski definition) is 2. The highest BCUT2D eigenvalue weighted by Crippen LogP contribution is 2.19. The molecule has 50 valence electrons. The van der Waals surface area contributed by atoms with Crippen LogP contribution >= 0.6 is 0 Å². The van der Waals surface area contributed by atoms with Crippen LogP contribution in [0.3, 0.4) is 0 Å². The van der Waals surface area contributed by atoms with Gasteiger partial charge in [0.05, 0.1) is 12.2 Å². The molecule has 9 heavy (non-hydrogen) atoms. The Morgan fingerprint density at radius 2 is 2.44 bits per heavy atom. The Hall–Kier alpha value is -0.0151. The third kappa shape index (κ3) is 1.46. The summed E-state index contributed by atoms with van der Waals surface area (Å²) in [6.07, 6.45) is 1.05. The van der Waals surface area contributed by atoms with Gasteiger partial charge in [-0.05, 0) is 12.8 Å². The van der Waals surface area contributed by atoms with Gasteiger partial charge < -0.3 is 9.84 Å². The summed E-state index contributed by atoms with van der Waals surface area (Å²) >= 11 is 0. The average Bonchev–Trinajstić information content (AvgIpc) is 2.10. The smallest absolute Gasteiger partial charge is 0.109 e. The van der Waals surface area contributed by atoms with Crippen LogP contribution < -0.4 is 0 Å². The van der Waals surface area contributed by atoms with Gasteiger partial charge in [0.25, 0.3) is 0 Å². The van der Waals surface area contributed by atoms with Crippen LogP contribution in [0, 0.1) is 0 Å². The van der Waals surface area contributed by atoms with Crippen molar-refractivity contribution in [2.75, 3.05) is 0 Å². The summed E-state index contributed by atoms with van der Waals surface area (Å²) in [5.74, 6) is 0. The second-order valence-corrected chi connectivity index (χ2v) is 2.42. The van der Waals surface area contributed by atoms with E-state index in [0.29, 0.717) is 6.42 Å². The zero-order valence-electron chi connectivity index (χ0n) is 5.58. The maximum absolute atomic E-state index is 9.15. The Balaban J connectivity index is 2.38. The van der Waals surface area contributed by atoms with E-state index in [0.717, 1.165) is 6.42 Å². The highest BCUT2D eigenvalue weighted by molar-refractivity contribution is 6.11. The van der Waals surface area contributed by atoms with Crippen molar-refractivity contribution in [2.45, 2.75) is 38.0 Å². The van der Waals surface area contributed by atoms with Gasteiger partial charge >= 0.3 is 0 Å². The van der Waals surface area contributed by atoms with Gasteiger partial charge in [-0.1, -0.05) is 6.92 Å². The maximum Gasteiger partial charge on any atom is 0.109 e. The summed E-state index contributed by atoms with van der Waals surface area (Å²) in [7, 11) is 5.41. The molecule has 0 spiro atoms. The van der Waals surface area contributed by atoms with Gasteiger partial charge in [-0.3, -0.25) is 0 Å². The van der Waals surface area contributed by atoms with Gasteiger partial charge in [-0.2, -0.15) is 0 Å². The van der Waals surface area contributed by atoms with Gasteiger partial charge in [-0.15, -0.1) is 0 Å². The molecular formula is C6H11BO2. The van der Waals surface area contributed by atoms with Crippen molar-refractivity contribution in [2.24, 2.45) is 0 Å². The van der Waals surface area contributed by atoms with Crippen molar-refractivity contribution in [3.63, 3.8) is 0 Å². The highest BCUT2D eigenvalue weighted by Gasteiger charge is 2.28. The summed E-state index contributed by atoms with van der Waals surface area (Å²) in [5, 5.41) is 9.15. The van der Waals surface area contributed by atoms with E-state index in [-0.39, 0.29) is 18.2 Å². The van der Waals surface area contributed by atoms with E-state index in [4.69, 9.17) is 17.7 Å². The molecule has 1 heterocycles. The summed E-state index contributed by atoms with van der Waals surface area (Å²) in [4.78, 5) is 0. The molecule has 3 heteroatoms. The van der Waals surface area contributed by atoms with Gasteiger partial charge in [0.15, 0.2) is 0 Å². The summed E-state index contributed by atoms with van der Waals surface area (Å²) in [6, 6.07) is -0.245. The maximum atomic E-state index is 9.15. The molecule has 1 fully saturated rings. The minimum absolute atomic E-state index is 0.0278. The molecule has 2 radical (unpaired) electrons. The fraction of sp³-hybridized carbons (Fsp3) is 1.00. The number of ether oxygens (including phenoxy) is 1. The fourth-order valence-corrected chi connectivity index (χ4v) is 1.13. The Labute approximate surface area is 56.6 Å². The quantitative estimate of drug-likeness (QED) is 0.502. The molecule has 2 nitrogen and oxygen atoms in total. The molecule has 0 saturated carbocycles. The highest BCUT2D eigenvalue weighted by atomic mass is 16.5. The van der Waals surface area contributed by atoms with Gasteiger partial charge in [0.1, 0.15) is 7.85 Å². The van der Waals surface area contributed by atoms with E-state index < -0.39 is 0 Å². The molecule has 1 aliphatic rings. The molecule has 0 bridgehead atoms. The lowest BCUT2D eigenvalue weighted by atomic mass is 9.96. The zero-order valence-corrected chi connectivity index (χ0v) is 5.58. The fourth-order valence-electron chi connectivity index (χ4n) is 1.13. The molecule has 0 aromatic rings. The number of hydrogen-bond donors (Lipinski definition) is 1. The molecule has 0 amide bonds. The Kier molecular flexibility index (Phi) is 2.14. The first-order valence-electron chi connectivity index (χ1n) is 3.33. The van der Waals surface area contributed by atoms with Gasteiger partial charge in [0, 0.05) is 6.00 Å². The van der Waals surface area contributed by atoms with Crippen molar-refractivity contribution in [1.82, 2.24) is 0 Å². The van der Waals surface area contributed by atoms with Crippen LogP contribution in [0.15, 0.2) is 0 Å². The molecule has 1 unspecified atom stereocenters. The molecule has 1 rings (SSSR count). The number of aliphatic hydroxyl groups is 1. The molecule has 1 aliphatic heterocycles. The third-order valence-corrected chi connectivity index (χ3v) is 1.65. The molecule has 3 atom stereocenters. The molecule has 1 saturated heterocycles. The minimum Gasteiger partial charge on any atom is -0.390 e. The SMILES string of the molecule is [B][C@H]1CC(O)[C@@H](CC)O1. The van der Waals surface area contributed by atoms with E-state index in [1.54, 1.807) is 0 Å². The lowest BCUT2D eigenvalue weighted by molar-refractivity contribution is 0.0305. The van der Waals surface area contributed by atoms with Crippen LogP contribution in [0.1, 0.15) is 19.8 Å². The average molecular weight is 126 g/mol. The largest absolute Gasteiger partial charge is 0.390 e. The summed E-state index contributed by atoms with van der Waals surface area (Å²) < 4.78 is 5.15. The normalized spacial score (nSPS) is 43.6. The lowest BCUT2D eigenvalue weighted by Gasteiger charge is -2.09. The molecule has 0 aliphatic carbocycles. The Morgan fingerprint density at radius 3 is 2.67 bits per heavy atom. The van der Waals surface area contributed by atoms with Crippen molar-refractivity contribution < 1.29 is 9.84 Å². The topological polar surface area (TPSA) is 29.5 Å². The van der Waals surface area contributed by atoms with Crippen LogP contribution in [-0.4, -0.2) is 31.2 Å². The van der Waals surface area contributed by atoms with Crippen molar-refractivity contribution in [3.8, 4) is 0 Å². The minimum atomic E-state index is -0.343. The van der Waals surface area contributed by atoms with E-state index >= 15 is 0 Å². The number of rotatable bonds is 1. The standard InChI is InChI=1S/C6H11BO2/c1-2-5-4(8)3-6(7)9-5/h4-6,8H,2-3H2,1H3/t4?,5-,6-/m1/s1. The monoisotopic (exact) mass is 126 g/mol. The second-order valence-electron chi connectivity index (χ2n) is 2.42. The first-order valence-corrected chi connectivity index (χ1v) is 3.33. The first kappa shape index (κ1) is 7.10. The third-order valence-electron chi connectivity index (χ3n) is 1.65. The van der Waals surface area contributed by atoms with E-state index in [1.807, 2.05) is 6.92 Å². The zero-order chi connectivity index (χ0) is 6.85. The summed E-state index contributed by atoms with van der Waals surface area (Å²) in [6.45, 7) is 1.98. The Morgan fingerprint density at radius 1 is 1.78 bits per heavy atom. The van der Waals surface area contributed by atoms with E-state index in [1.165, 1.54) is 0 Å². The molecule has 1 N–H and O–H groups in total. The van der Waals surface area contributed by atoms with Crippen molar-refractivity contribution >= 4 is 7.85 Å². The first-order chi connectivity index (χ1) is 4.24. The molecular weight excluding hydrogens is 115 g/mol. The predicted molar refractivity (Wildman–Crippen MR) is 35.3 cm³/mol.